The van der Waals surface area contributed by atoms with Crippen molar-refractivity contribution in [2.45, 2.75) is 26.4 Å². The standard InChI is InChI=1S/C15H17Br2NOS/c1-2-5-19-15-4-3-12(16)6-11(15)8-18-9-14-7-13(17)10-20-14/h3-4,6-7,10,18H,2,5,8-9H2,1H3. The molecule has 0 aliphatic rings. The number of hydrogen-bond acceptors (Lipinski definition) is 3. The van der Waals surface area contributed by atoms with Gasteiger partial charge in [0, 0.05) is 37.9 Å². The van der Waals surface area contributed by atoms with Crippen LogP contribution < -0.4 is 10.1 Å². The van der Waals surface area contributed by atoms with Crippen molar-refractivity contribution in [2.75, 3.05) is 6.61 Å². The second kappa shape index (κ2) is 8.17. The summed E-state index contributed by atoms with van der Waals surface area (Å²) in [7, 11) is 0. The fraction of sp³-hybridized carbons (Fsp3) is 0.333. The molecule has 20 heavy (non-hydrogen) atoms. The Bertz CT molecular complexity index is 557. The van der Waals surface area contributed by atoms with E-state index in [1.54, 1.807) is 11.3 Å². The van der Waals surface area contributed by atoms with Gasteiger partial charge in [-0.15, -0.1) is 11.3 Å². The van der Waals surface area contributed by atoms with Crippen LogP contribution in [0.3, 0.4) is 0 Å². The van der Waals surface area contributed by atoms with Crippen LogP contribution in [-0.4, -0.2) is 6.61 Å². The van der Waals surface area contributed by atoms with Crippen LogP contribution in [0.15, 0.2) is 38.6 Å². The van der Waals surface area contributed by atoms with Gasteiger partial charge in [-0.25, -0.2) is 0 Å². The van der Waals surface area contributed by atoms with E-state index >= 15 is 0 Å². The van der Waals surface area contributed by atoms with Crippen molar-refractivity contribution in [1.82, 2.24) is 5.32 Å². The highest BCUT2D eigenvalue weighted by Gasteiger charge is 2.05. The largest absolute Gasteiger partial charge is 0.493 e. The van der Waals surface area contributed by atoms with Gasteiger partial charge in [0.05, 0.1) is 6.61 Å². The highest BCUT2D eigenvalue weighted by molar-refractivity contribution is 9.10. The van der Waals surface area contributed by atoms with E-state index in [9.17, 15) is 0 Å². The molecule has 1 N–H and O–H groups in total. The van der Waals surface area contributed by atoms with Crippen molar-refractivity contribution >= 4 is 43.2 Å². The fourth-order valence-electron chi connectivity index (χ4n) is 1.81. The third kappa shape index (κ3) is 4.88. The maximum Gasteiger partial charge on any atom is 0.123 e. The molecule has 1 aromatic heterocycles. The van der Waals surface area contributed by atoms with E-state index in [0.29, 0.717) is 0 Å². The summed E-state index contributed by atoms with van der Waals surface area (Å²) in [5, 5.41) is 5.57. The molecule has 2 nitrogen and oxygen atoms in total. The van der Waals surface area contributed by atoms with E-state index in [2.05, 4.69) is 61.6 Å². The number of rotatable bonds is 7. The molecule has 0 radical (unpaired) electrons. The van der Waals surface area contributed by atoms with Crippen LogP contribution in [0, 0.1) is 0 Å². The Morgan fingerprint density at radius 2 is 2.00 bits per heavy atom. The normalized spacial score (nSPS) is 10.8. The fourth-order valence-corrected chi connectivity index (χ4v) is 3.64. The average molecular weight is 419 g/mol. The number of benzene rings is 1. The van der Waals surface area contributed by atoms with E-state index < -0.39 is 0 Å². The minimum absolute atomic E-state index is 0.756. The van der Waals surface area contributed by atoms with Gasteiger partial charge in [-0.2, -0.15) is 0 Å². The van der Waals surface area contributed by atoms with Crippen molar-refractivity contribution in [3.05, 3.63) is 49.0 Å². The Labute approximate surface area is 140 Å². The van der Waals surface area contributed by atoms with Gasteiger partial charge in [0.1, 0.15) is 5.75 Å². The summed E-state index contributed by atoms with van der Waals surface area (Å²) in [5.74, 6) is 0.968. The lowest BCUT2D eigenvalue weighted by Gasteiger charge is -2.12. The number of ether oxygens (including phenoxy) is 1. The maximum absolute atomic E-state index is 5.78. The van der Waals surface area contributed by atoms with Crippen molar-refractivity contribution in [3.8, 4) is 5.75 Å². The van der Waals surface area contributed by atoms with Gasteiger partial charge in [-0.05, 0) is 46.6 Å². The van der Waals surface area contributed by atoms with Crippen LogP contribution >= 0.6 is 43.2 Å². The predicted molar refractivity (Wildman–Crippen MR) is 92.5 cm³/mol. The molecular weight excluding hydrogens is 402 g/mol. The Balaban J connectivity index is 1.95. The molecule has 5 heteroatoms. The molecule has 0 saturated heterocycles. The zero-order valence-corrected chi connectivity index (χ0v) is 15.3. The van der Waals surface area contributed by atoms with E-state index in [-0.39, 0.29) is 0 Å². The molecule has 0 unspecified atom stereocenters. The van der Waals surface area contributed by atoms with Crippen LogP contribution in [0.4, 0.5) is 0 Å². The second-order valence-electron chi connectivity index (χ2n) is 4.44. The van der Waals surface area contributed by atoms with Gasteiger partial charge in [0.2, 0.25) is 0 Å². The maximum atomic E-state index is 5.78. The molecular formula is C15H17Br2NOS. The molecule has 0 saturated carbocycles. The van der Waals surface area contributed by atoms with Crippen molar-refractivity contribution < 1.29 is 4.74 Å². The minimum Gasteiger partial charge on any atom is -0.493 e. The molecule has 108 valence electrons. The topological polar surface area (TPSA) is 21.3 Å². The third-order valence-electron chi connectivity index (χ3n) is 2.72. The van der Waals surface area contributed by atoms with Crippen LogP contribution in [0.1, 0.15) is 23.8 Å². The molecule has 0 aliphatic carbocycles. The van der Waals surface area contributed by atoms with E-state index in [1.165, 1.54) is 10.4 Å². The Kier molecular flexibility index (Phi) is 6.55. The summed E-state index contributed by atoms with van der Waals surface area (Å²) >= 11 is 8.75. The minimum atomic E-state index is 0.756. The summed E-state index contributed by atoms with van der Waals surface area (Å²) in [6.45, 7) is 4.54. The lowest BCUT2D eigenvalue weighted by Crippen LogP contribution is -2.13. The second-order valence-corrected chi connectivity index (χ2v) is 7.26. The van der Waals surface area contributed by atoms with Crippen molar-refractivity contribution in [2.24, 2.45) is 0 Å². The van der Waals surface area contributed by atoms with Crippen LogP contribution in [-0.2, 0) is 13.1 Å². The van der Waals surface area contributed by atoms with Crippen LogP contribution in [0.25, 0.3) is 0 Å². The molecule has 2 rings (SSSR count). The molecule has 1 heterocycles. The van der Waals surface area contributed by atoms with Gasteiger partial charge >= 0.3 is 0 Å². The van der Waals surface area contributed by atoms with Gasteiger partial charge in [-0.3, -0.25) is 0 Å². The van der Waals surface area contributed by atoms with E-state index in [0.717, 1.165) is 40.8 Å². The Morgan fingerprint density at radius 3 is 2.70 bits per heavy atom. The SMILES string of the molecule is CCCOc1ccc(Br)cc1CNCc1cc(Br)cs1. The number of hydrogen-bond donors (Lipinski definition) is 1. The predicted octanol–water partition coefficient (Wildman–Crippen LogP) is 5.35. The van der Waals surface area contributed by atoms with Crippen LogP contribution in [0.2, 0.25) is 0 Å². The first kappa shape index (κ1) is 16.0. The number of nitrogens with one attached hydrogen (secondary N) is 1. The summed E-state index contributed by atoms with van der Waals surface area (Å²) in [5.41, 5.74) is 1.18. The molecule has 2 aromatic rings. The Hall–Kier alpha value is -0.360. The molecule has 0 spiro atoms. The molecule has 0 bridgehead atoms. The monoisotopic (exact) mass is 417 g/mol. The zero-order valence-electron chi connectivity index (χ0n) is 11.3. The number of thiophene rings is 1. The smallest absolute Gasteiger partial charge is 0.123 e. The van der Waals surface area contributed by atoms with E-state index in [1.807, 2.05) is 12.1 Å². The van der Waals surface area contributed by atoms with Crippen LogP contribution in [0.5, 0.6) is 5.75 Å². The molecule has 1 aromatic carbocycles. The molecule has 0 aliphatic heterocycles. The summed E-state index contributed by atoms with van der Waals surface area (Å²) in [6.07, 6.45) is 1.02. The summed E-state index contributed by atoms with van der Waals surface area (Å²) in [4.78, 5) is 1.32. The van der Waals surface area contributed by atoms with Gasteiger partial charge < -0.3 is 10.1 Å². The molecule has 0 atom stereocenters. The lowest BCUT2D eigenvalue weighted by atomic mass is 10.2. The first-order chi connectivity index (χ1) is 9.69. The van der Waals surface area contributed by atoms with Gasteiger partial charge in [-0.1, -0.05) is 22.9 Å². The molecule has 0 amide bonds. The number of halogens is 2. The highest BCUT2D eigenvalue weighted by Crippen LogP contribution is 2.24. The van der Waals surface area contributed by atoms with Gasteiger partial charge in [0.25, 0.3) is 0 Å². The molecule has 0 fully saturated rings. The Morgan fingerprint density at radius 1 is 1.15 bits per heavy atom. The first-order valence-corrected chi connectivity index (χ1v) is 9.00. The first-order valence-electron chi connectivity index (χ1n) is 6.54. The quantitative estimate of drug-likeness (QED) is 0.654. The zero-order chi connectivity index (χ0) is 14.4. The van der Waals surface area contributed by atoms with Gasteiger partial charge in [0.15, 0.2) is 0 Å². The summed E-state index contributed by atoms with van der Waals surface area (Å²) in [6, 6.07) is 8.30. The van der Waals surface area contributed by atoms with Crippen molar-refractivity contribution in [3.63, 3.8) is 0 Å². The highest BCUT2D eigenvalue weighted by atomic mass is 79.9. The lowest BCUT2D eigenvalue weighted by molar-refractivity contribution is 0.313. The average Bonchev–Trinajstić information content (AvgIpc) is 2.84. The summed E-state index contributed by atoms with van der Waals surface area (Å²) < 4.78 is 8.01. The van der Waals surface area contributed by atoms with E-state index in [4.69, 9.17) is 4.74 Å². The van der Waals surface area contributed by atoms with Crippen molar-refractivity contribution in [1.29, 1.82) is 0 Å². The third-order valence-corrected chi connectivity index (χ3v) is 4.91.